The van der Waals surface area contributed by atoms with Crippen molar-refractivity contribution in [1.29, 1.82) is 0 Å². The fraction of sp³-hybridized carbons (Fsp3) is 0.667. The molecule has 0 heterocycles. The summed E-state index contributed by atoms with van der Waals surface area (Å²) < 4.78 is 31.9. The van der Waals surface area contributed by atoms with Crippen LogP contribution in [0.1, 0.15) is 13.8 Å². The SMILES string of the molecule is C=C(P(=O)(O)O)P(=O)(OCC)OCC. The third-order valence-electron chi connectivity index (χ3n) is 1.25. The van der Waals surface area contributed by atoms with E-state index in [1.165, 1.54) is 0 Å². The third kappa shape index (κ3) is 3.65. The van der Waals surface area contributed by atoms with Gasteiger partial charge in [-0.3, -0.25) is 9.13 Å². The molecule has 0 amide bonds. The molecule has 0 bridgehead atoms. The number of hydrogen-bond acceptors (Lipinski definition) is 4. The molecule has 0 aliphatic heterocycles. The van der Waals surface area contributed by atoms with Crippen LogP contribution in [0.15, 0.2) is 11.6 Å². The number of rotatable bonds is 6. The van der Waals surface area contributed by atoms with Crippen LogP contribution in [0.4, 0.5) is 0 Å². The Morgan fingerprint density at radius 2 is 1.57 bits per heavy atom. The number of hydrogen-bond donors (Lipinski definition) is 2. The summed E-state index contributed by atoms with van der Waals surface area (Å²) in [5, 5.41) is -0.797. The van der Waals surface area contributed by atoms with E-state index in [9.17, 15) is 9.13 Å². The molecule has 84 valence electrons. The predicted molar refractivity (Wildman–Crippen MR) is 52.0 cm³/mol. The smallest absolute Gasteiger partial charge is 0.321 e. The van der Waals surface area contributed by atoms with Crippen molar-refractivity contribution < 1.29 is 28.0 Å². The zero-order valence-corrected chi connectivity index (χ0v) is 9.83. The quantitative estimate of drug-likeness (QED) is 0.693. The van der Waals surface area contributed by atoms with E-state index in [4.69, 9.17) is 18.8 Å². The highest BCUT2D eigenvalue weighted by molar-refractivity contribution is 7.77. The van der Waals surface area contributed by atoms with E-state index in [1.54, 1.807) is 13.8 Å². The maximum absolute atomic E-state index is 11.7. The molecule has 0 fully saturated rings. The molecule has 0 rings (SSSR count). The maximum Gasteiger partial charge on any atom is 0.368 e. The summed E-state index contributed by atoms with van der Waals surface area (Å²) >= 11 is 0. The molecule has 14 heavy (non-hydrogen) atoms. The van der Waals surface area contributed by atoms with E-state index in [0.29, 0.717) is 0 Å². The van der Waals surface area contributed by atoms with E-state index in [1.807, 2.05) is 0 Å². The Labute approximate surface area is 82.6 Å². The highest BCUT2D eigenvalue weighted by Gasteiger charge is 2.39. The summed E-state index contributed by atoms with van der Waals surface area (Å²) in [6, 6.07) is 0. The first kappa shape index (κ1) is 14.0. The fourth-order valence-corrected chi connectivity index (χ4v) is 3.36. The van der Waals surface area contributed by atoms with Crippen LogP contribution in [0.25, 0.3) is 0 Å². The molecule has 0 aromatic rings. The second-order valence-corrected chi connectivity index (χ2v) is 6.33. The highest BCUT2D eigenvalue weighted by Crippen LogP contribution is 2.68. The van der Waals surface area contributed by atoms with Gasteiger partial charge in [-0.1, -0.05) is 6.58 Å². The molecule has 8 heteroatoms. The Hall–Kier alpha value is 0.0400. The van der Waals surface area contributed by atoms with Gasteiger partial charge in [0.05, 0.1) is 13.2 Å². The molecule has 0 aliphatic rings. The largest absolute Gasteiger partial charge is 0.368 e. The van der Waals surface area contributed by atoms with Gasteiger partial charge in [0, 0.05) is 0 Å². The summed E-state index contributed by atoms with van der Waals surface area (Å²) in [5.41, 5.74) is 0. The van der Waals surface area contributed by atoms with Gasteiger partial charge < -0.3 is 18.8 Å². The van der Waals surface area contributed by atoms with Crippen molar-refractivity contribution in [2.45, 2.75) is 13.8 Å². The Bertz CT molecular complexity index is 283. The summed E-state index contributed by atoms with van der Waals surface area (Å²) in [7, 11) is -8.53. The second-order valence-electron chi connectivity index (χ2n) is 2.29. The molecule has 0 unspecified atom stereocenters. The summed E-state index contributed by atoms with van der Waals surface area (Å²) in [5.74, 6) is 0. The molecule has 0 saturated carbocycles. The van der Waals surface area contributed by atoms with Gasteiger partial charge in [-0.25, -0.2) is 0 Å². The minimum absolute atomic E-state index is 0.0241. The lowest BCUT2D eigenvalue weighted by molar-refractivity contribution is 0.227. The van der Waals surface area contributed by atoms with Gasteiger partial charge in [-0.05, 0) is 13.8 Å². The molecule has 0 radical (unpaired) electrons. The molecule has 6 nitrogen and oxygen atoms in total. The van der Waals surface area contributed by atoms with Gasteiger partial charge in [0.15, 0.2) is 0 Å². The average Bonchev–Trinajstić information content (AvgIpc) is 2.02. The molecular weight excluding hydrogens is 230 g/mol. The maximum atomic E-state index is 11.7. The normalized spacial score (nSPS) is 12.9. The molecule has 0 saturated heterocycles. The molecule has 0 aromatic heterocycles. The Kier molecular flexibility index (Phi) is 5.23. The van der Waals surface area contributed by atoms with Crippen molar-refractivity contribution >= 4 is 15.2 Å². The van der Waals surface area contributed by atoms with Crippen LogP contribution in [-0.4, -0.2) is 23.0 Å². The van der Waals surface area contributed by atoms with Crippen molar-refractivity contribution in [2.24, 2.45) is 0 Å². The van der Waals surface area contributed by atoms with Gasteiger partial charge in [0.2, 0.25) is 0 Å². The average molecular weight is 244 g/mol. The zero-order valence-electron chi connectivity index (χ0n) is 8.04. The molecule has 0 spiro atoms. The van der Waals surface area contributed by atoms with E-state index in [2.05, 4.69) is 6.58 Å². The van der Waals surface area contributed by atoms with Crippen LogP contribution >= 0.6 is 15.2 Å². The third-order valence-corrected chi connectivity index (χ3v) is 5.27. The van der Waals surface area contributed by atoms with Crippen molar-refractivity contribution in [1.82, 2.24) is 0 Å². The monoisotopic (exact) mass is 244 g/mol. The molecule has 0 aliphatic carbocycles. The Balaban J connectivity index is 4.93. The van der Waals surface area contributed by atoms with Crippen molar-refractivity contribution in [2.75, 3.05) is 13.2 Å². The van der Waals surface area contributed by atoms with Crippen LogP contribution in [0.2, 0.25) is 0 Å². The molecule has 2 N–H and O–H groups in total. The summed E-state index contributed by atoms with van der Waals surface area (Å²) in [6.07, 6.45) is 0. The Morgan fingerprint density at radius 3 is 1.79 bits per heavy atom. The lowest BCUT2D eigenvalue weighted by Crippen LogP contribution is -1.98. The first-order chi connectivity index (χ1) is 6.28. The zero-order chi connectivity index (χ0) is 11.4. The van der Waals surface area contributed by atoms with Crippen molar-refractivity contribution in [3.63, 3.8) is 0 Å². The van der Waals surface area contributed by atoms with E-state index in [-0.39, 0.29) is 13.2 Å². The second kappa shape index (κ2) is 5.21. The lowest BCUT2D eigenvalue weighted by Gasteiger charge is -2.19. The first-order valence-electron chi connectivity index (χ1n) is 3.92. The topological polar surface area (TPSA) is 93.1 Å². The van der Waals surface area contributed by atoms with Gasteiger partial charge in [0.25, 0.3) is 0 Å². The van der Waals surface area contributed by atoms with Gasteiger partial charge in [-0.2, -0.15) is 0 Å². The molecule has 0 aromatic carbocycles. The van der Waals surface area contributed by atoms with E-state index < -0.39 is 20.2 Å². The standard InChI is InChI=1S/C6H14O6P2/c1-4-11-14(10,12-5-2)6(3)13(7,8)9/h3-5H2,1-2H3,(H2,7,8,9). The first-order valence-corrected chi connectivity index (χ1v) is 7.08. The van der Waals surface area contributed by atoms with Crippen LogP contribution in [0, 0.1) is 0 Å². The van der Waals surface area contributed by atoms with Gasteiger partial charge in [-0.15, -0.1) is 0 Å². The Morgan fingerprint density at radius 1 is 1.21 bits per heavy atom. The van der Waals surface area contributed by atoms with Crippen LogP contribution in [0.3, 0.4) is 0 Å². The molecular formula is C6H14O6P2. The van der Waals surface area contributed by atoms with Gasteiger partial charge in [0.1, 0.15) is 5.06 Å². The predicted octanol–water partition coefficient (Wildman–Crippen LogP) is 1.90. The van der Waals surface area contributed by atoms with Gasteiger partial charge >= 0.3 is 15.2 Å². The molecule has 0 atom stereocenters. The van der Waals surface area contributed by atoms with Crippen molar-refractivity contribution in [3.05, 3.63) is 11.6 Å². The van der Waals surface area contributed by atoms with E-state index in [0.717, 1.165) is 0 Å². The highest BCUT2D eigenvalue weighted by atomic mass is 31.2. The fourth-order valence-electron chi connectivity index (χ4n) is 0.686. The minimum atomic E-state index is -4.65. The minimum Gasteiger partial charge on any atom is -0.321 e. The van der Waals surface area contributed by atoms with E-state index >= 15 is 0 Å². The van der Waals surface area contributed by atoms with Crippen LogP contribution in [0.5, 0.6) is 0 Å². The van der Waals surface area contributed by atoms with Crippen LogP contribution < -0.4 is 0 Å². The lowest BCUT2D eigenvalue weighted by atomic mass is 10.9. The summed E-state index contributed by atoms with van der Waals surface area (Å²) in [6.45, 7) is 6.19. The summed E-state index contributed by atoms with van der Waals surface area (Å²) in [4.78, 5) is 17.5. The van der Waals surface area contributed by atoms with Crippen molar-refractivity contribution in [3.8, 4) is 0 Å². The van der Waals surface area contributed by atoms with Crippen LogP contribution in [-0.2, 0) is 18.2 Å².